The van der Waals surface area contributed by atoms with Crippen molar-refractivity contribution in [2.75, 3.05) is 7.05 Å². The van der Waals surface area contributed by atoms with Crippen molar-refractivity contribution in [3.63, 3.8) is 0 Å². The molecule has 1 aliphatic carbocycles. The first-order chi connectivity index (χ1) is 10.6. The number of aliphatic carboxylic acids is 1. The molecule has 4 nitrogen and oxygen atoms in total. The van der Waals surface area contributed by atoms with E-state index < -0.39 is 5.97 Å². The van der Waals surface area contributed by atoms with Crippen molar-refractivity contribution in [3.05, 3.63) is 35.4 Å². The first-order valence-corrected chi connectivity index (χ1v) is 8.10. The summed E-state index contributed by atoms with van der Waals surface area (Å²) in [6.45, 7) is 0. The molecule has 1 atom stereocenters. The van der Waals surface area contributed by atoms with Gasteiger partial charge in [-0.25, -0.2) is 0 Å². The van der Waals surface area contributed by atoms with Crippen LogP contribution in [-0.4, -0.2) is 23.9 Å². The lowest BCUT2D eigenvalue weighted by Gasteiger charge is -2.23. The molecular weight excluding hydrogens is 278 g/mol. The van der Waals surface area contributed by atoms with Gasteiger partial charge >= 0.3 is 5.97 Å². The number of carbonyl (C=O) groups is 2. The fourth-order valence-electron chi connectivity index (χ4n) is 3.22. The van der Waals surface area contributed by atoms with Gasteiger partial charge in [-0.15, -0.1) is 0 Å². The standard InChI is InChI=1S/C18H25NO3/c1-19-16(12-17(20)15-5-3-2-4-6-15)14-9-7-13(8-10-14)11-18(21)22/h7-10,15-16,19H,2-6,11-12H2,1H3,(H,21,22). The lowest BCUT2D eigenvalue weighted by atomic mass is 9.83. The molecule has 1 aromatic carbocycles. The molecule has 2 N–H and O–H groups in total. The number of Topliss-reactive ketones (excluding diaryl/α,β-unsaturated/α-hetero) is 1. The largest absolute Gasteiger partial charge is 0.481 e. The molecule has 0 spiro atoms. The second kappa shape index (κ2) is 8.08. The fraction of sp³-hybridized carbons (Fsp3) is 0.556. The summed E-state index contributed by atoms with van der Waals surface area (Å²) >= 11 is 0. The summed E-state index contributed by atoms with van der Waals surface area (Å²) in [5.41, 5.74) is 1.82. The lowest BCUT2D eigenvalue weighted by molar-refractivity contribution is -0.136. The monoisotopic (exact) mass is 303 g/mol. The summed E-state index contributed by atoms with van der Waals surface area (Å²) in [7, 11) is 1.87. The van der Waals surface area contributed by atoms with Crippen LogP contribution in [0.3, 0.4) is 0 Å². The number of carboxylic acid groups (broad SMARTS) is 1. The molecule has 0 radical (unpaired) electrons. The molecule has 0 saturated heterocycles. The molecule has 1 saturated carbocycles. The van der Waals surface area contributed by atoms with E-state index in [1.165, 1.54) is 19.3 Å². The SMILES string of the molecule is CNC(CC(=O)C1CCCCC1)c1ccc(CC(=O)O)cc1. The maximum atomic E-state index is 12.4. The topological polar surface area (TPSA) is 66.4 Å². The second-order valence-electron chi connectivity index (χ2n) is 6.16. The Morgan fingerprint density at radius 2 is 1.82 bits per heavy atom. The minimum Gasteiger partial charge on any atom is -0.481 e. The van der Waals surface area contributed by atoms with Gasteiger partial charge in [-0.2, -0.15) is 0 Å². The Bertz CT molecular complexity index is 504. The van der Waals surface area contributed by atoms with E-state index in [4.69, 9.17) is 5.11 Å². The van der Waals surface area contributed by atoms with Gasteiger partial charge in [-0.05, 0) is 31.0 Å². The van der Waals surface area contributed by atoms with Crippen LogP contribution in [0.15, 0.2) is 24.3 Å². The second-order valence-corrected chi connectivity index (χ2v) is 6.16. The summed E-state index contributed by atoms with van der Waals surface area (Å²) in [5, 5.41) is 12.0. The molecular formula is C18H25NO3. The lowest BCUT2D eigenvalue weighted by Crippen LogP contribution is -2.25. The average molecular weight is 303 g/mol. The van der Waals surface area contributed by atoms with Crippen LogP contribution in [0, 0.1) is 5.92 Å². The predicted octanol–water partition coefficient (Wildman–Crippen LogP) is 3.11. The van der Waals surface area contributed by atoms with E-state index in [1.807, 2.05) is 31.3 Å². The van der Waals surface area contributed by atoms with E-state index in [2.05, 4.69) is 5.32 Å². The Hall–Kier alpha value is -1.68. The van der Waals surface area contributed by atoms with Gasteiger partial charge in [0.1, 0.15) is 5.78 Å². The van der Waals surface area contributed by atoms with Crippen molar-refractivity contribution in [3.8, 4) is 0 Å². The van der Waals surface area contributed by atoms with Gasteiger partial charge in [0.15, 0.2) is 0 Å². The Morgan fingerprint density at radius 3 is 2.36 bits per heavy atom. The predicted molar refractivity (Wildman–Crippen MR) is 85.8 cm³/mol. The van der Waals surface area contributed by atoms with Crippen LogP contribution in [0.5, 0.6) is 0 Å². The van der Waals surface area contributed by atoms with Gasteiger partial charge in [0.25, 0.3) is 0 Å². The quantitative estimate of drug-likeness (QED) is 0.812. The van der Waals surface area contributed by atoms with Crippen LogP contribution in [0.4, 0.5) is 0 Å². The maximum Gasteiger partial charge on any atom is 0.307 e. The van der Waals surface area contributed by atoms with Crippen molar-refractivity contribution >= 4 is 11.8 Å². The molecule has 0 heterocycles. The van der Waals surface area contributed by atoms with Crippen LogP contribution < -0.4 is 5.32 Å². The first kappa shape index (κ1) is 16.7. The highest BCUT2D eigenvalue weighted by Crippen LogP contribution is 2.28. The van der Waals surface area contributed by atoms with E-state index in [0.717, 1.165) is 24.0 Å². The summed E-state index contributed by atoms with van der Waals surface area (Å²) in [5.74, 6) is -0.241. The number of rotatable bonds is 7. The van der Waals surface area contributed by atoms with Crippen molar-refractivity contribution in [2.24, 2.45) is 5.92 Å². The van der Waals surface area contributed by atoms with E-state index >= 15 is 0 Å². The summed E-state index contributed by atoms with van der Waals surface area (Å²) in [4.78, 5) is 23.1. The van der Waals surface area contributed by atoms with E-state index in [9.17, 15) is 9.59 Å². The van der Waals surface area contributed by atoms with Crippen molar-refractivity contribution < 1.29 is 14.7 Å². The number of hydrogen-bond acceptors (Lipinski definition) is 3. The molecule has 2 rings (SSSR count). The zero-order valence-corrected chi connectivity index (χ0v) is 13.2. The zero-order chi connectivity index (χ0) is 15.9. The molecule has 0 bridgehead atoms. The fourth-order valence-corrected chi connectivity index (χ4v) is 3.22. The number of hydrogen-bond donors (Lipinski definition) is 2. The van der Waals surface area contributed by atoms with Crippen molar-refractivity contribution in [1.82, 2.24) is 5.32 Å². The molecule has 0 amide bonds. The van der Waals surface area contributed by atoms with Gasteiger partial charge in [0.2, 0.25) is 0 Å². The first-order valence-electron chi connectivity index (χ1n) is 8.10. The van der Waals surface area contributed by atoms with E-state index in [-0.39, 0.29) is 18.4 Å². The number of ketones is 1. The van der Waals surface area contributed by atoms with Crippen molar-refractivity contribution in [1.29, 1.82) is 0 Å². The average Bonchev–Trinajstić information content (AvgIpc) is 2.53. The van der Waals surface area contributed by atoms with Crippen LogP contribution >= 0.6 is 0 Å². The Kier molecular flexibility index (Phi) is 6.13. The molecule has 1 aromatic rings. The molecule has 4 heteroatoms. The van der Waals surface area contributed by atoms with Gasteiger partial charge in [0.05, 0.1) is 6.42 Å². The smallest absolute Gasteiger partial charge is 0.307 e. The number of carboxylic acids is 1. The Labute approximate surface area is 131 Å². The summed E-state index contributed by atoms with van der Waals surface area (Å²) in [6.07, 6.45) is 6.21. The maximum absolute atomic E-state index is 12.4. The van der Waals surface area contributed by atoms with Gasteiger partial charge in [-0.3, -0.25) is 9.59 Å². The molecule has 22 heavy (non-hydrogen) atoms. The zero-order valence-electron chi connectivity index (χ0n) is 13.2. The molecule has 1 unspecified atom stereocenters. The minimum absolute atomic E-state index is 0.00769. The van der Waals surface area contributed by atoms with Crippen LogP contribution in [0.25, 0.3) is 0 Å². The highest BCUT2D eigenvalue weighted by molar-refractivity contribution is 5.81. The third kappa shape index (κ3) is 4.67. The number of benzene rings is 1. The normalized spacial score (nSPS) is 17.1. The van der Waals surface area contributed by atoms with Gasteiger partial charge < -0.3 is 10.4 Å². The van der Waals surface area contributed by atoms with Crippen LogP contribution in [0.2, 0.25) is 0 Å². The summed E-state index contributed by atoms with van der Waals surface area (Å²) < 4.78 is 0. The minimum atomic E-state index is -0.828. The van der Waals surface area contributed by atoms with Crippen molar-refractivity contribution in [2.45, 2.75) is 51.0 Å². The molecule has 1 fully saturated rings. The highest BCUT2D eigenvalue weighted by atomic mass is 16.4. The summed E-state index contributed by atoms with van der Waals surface area (Å²) in [6, 6.07) is 7.52. The third-order valence-electron chi connectivity index (χ3n) is 4.55. The number of carbonyl (C=O) groups excluding carboxylic acids is 1. The van der Waals surface area contributed by atoms with E-state index in [0.29, 0.717) is 12.2 Å². The Morgan fingerprint density at radius 1 is 1.18 bits per heavy atom. The van der Waals surface area contributed by atoms with E-state index in [1.54, 1.807) is 0 Å². The molecule has 0 aromatic heterocycles. The van der Waals surface area contributed by atoms with Gasteiger partial charge in [-0.1, -0.05) is 43.5 Å². The number of nitrogens with one attached hydrogen (secondary N) is 1. The molecule has 1 aliphatic rings. The van der Waals surface area contributed by atoms with Crippen LogP contribution in [0.1, 0.15) is 55.7 Å². The Balaban J connectivity index is 1.98. The van der Waals surface area contributed by atoms with Crippen LogP contribution in [-0.2, 0) is 16.0 Å². The molecule has 120 valence electrons. The third-order valence-corrected chi connectivity index (χ3v) is 4.55. The highest BCUT2D eigenvalue weighted by Gasteiger charge is 2.24. The molecule has 0 aliphatic heterocycles. The van der Waals surface area contributed by atoms with Gasteiger partial charge in [0, 0.05) is 18.4 Å².